The van der Waals surface area contributed by atoms with Gasteiger partial charge in [-0.05, 0) is 30.3 Å². The maximum atomic E-state index is 12.6. The quantitative estimate of drug-likeness (QED) is 0.871. The van der Waals surface area contributed by atoms with Crippen LogP contribution in [-0.2, 0) is 14.8 Å². The molecule has 0 bridgehead atoms. The molecule has 3 rings (SSSR count). The first-order chi connectivity index (χ1) is 11.5. The van der Waals surface area contributed by atoms with E-state index in [-0.39, 0.29) is 10.8 Å². The summed E-state index contributed by atoms with van der Waals surface area (Å²) in [6, 6.07) is 11.5. The molecule has 1 aliphatic heterocycles. The number of ether oxygens (including phenoxy) is 1. The summed E-state index contributed by atoms with van der Waals surface area (Å²) in [7, 11) is -2.32. The van der Waals surface area contributed by atoms with Gasteiger partial charge in [-0.3, -0.25) is 9.52 Å². The molecule has 0 fully saturated rings. The van der Waals surface area contributed by atoms with Crippen LogP contribution >= 0.6 is 11.8 Å². The Balaban J connectivity index is 1.94. The number of fused-ring (bicyclic) bond motifs is 1. The van der Waals surface area contributed by atoms with E-state index in [4.69, 9.17) is 4.74 Å². The highest BCUT2D eigenvalue weighted by Crippen LogP contribution is 2.33. The van der Waals surface area contributed by atoms with E-state index in [1.165, 1.54) is 31.0 Å². The number of hydrogen-bond acceptors (Lipinski definition) is 5. The molecule has 24 heavy (non-hydrogen) atoms. The second kappa shape index (κ2) is 6.74. The van der Waals surface area contributed by atoms with Crippen LogP contribution in [0.4, 0.5) is 11.4 Å². The number of nitrogens with one attached hydrogen (secondary N) is 2. The Morgan fingerprint density at radius 1 is 1.21 bits per heavy atom. The van der Waals surface area contributed by atoms with Crippen molar-refractivity contribution in [2.75, 3.05) is 22.9 Å². The Kier molecular flexibility index (Phi) is 4.68. The van der Waals surface area contributed by atoms with E-state index < -0.39 is 10.0 Å². The number of carbonyl (C=O) groups excluding carboxylic acids is 1. The molecule has 0 spiro atoms. The van der Waals surface area contributed by atoms with Crippen LogP contribution in [0.2, 0.25) is 0 Å². The standard InChI is InChI=1S/C16H16N2O4S2/c1-22-14-5-3-2-4-12(14)18-24(20,21)11-6-7-15-13(10-11)17-16(19)8-9-23-15/h2-7,10,18H,8-9H2,1H3,(H,17,19). The van der Waals surface area contributed by atoms with Crippen molar-refractivity contribution < 1.29 is 17.9 Å². The second-order valence-corrected chi connectivity index (χ2v) is 7.93. The van der Waals surface area contributed by atoms with Gasteiger partial charge >= 0.3 is 0 Å². The van der Waals surface area contributed by atoms with Gasteiger partial charge in [-0.25, -0.2) is 8.42 Å². The molecule has 0 saturated heterocycles. The third kappa shape index (κ3) is 3.49. The molecule has 8 heteroatoms. The van der Waals surface area contributed by atoms with Crippen LogP contribution in [0.5, 0.6) is 5.75 Å². The molecule has 0 aliphatic carbocycles. The molecule has 0 atom stereocenters. The molecule has 1 aliphatic rings. The fourth-order valence-corrected chi connectivity index (χ4v) is 4.33. The molecule has 2 aromatic rings. The number of amides is 1. The number of anilines is 2. The van der Waals surface area contributed by atoms with Gasteiger partial charge < -0.3 is 10.1 Å². The first kappa shape index (κ1) is 16.7. The summed E-state index contributed by atoms with van der Waals surface area (Å²) in [4.78, 5) is 12.6. The Morgan fingerprint density at radius 2 is 2.00 bits per heavy atom. The summed E-state index contributed by atoms with van der Waals surface area (Å²) in [5.41, 5.74) is 0.874. The largest absolute Gasteiger partial charge is 0.495 e. The van der Waals surface area contributed by atoms with Crippen LogP contribution in [-0.4, -0.2) is 27.2 Å². The lowest BCUT2D eigenvalue weighted by Gasteiger charge is -2.13. The first-order valence-corrected chi connectivity index (χ1v) is 9.69. The van der Waals surface area contributed by atoms with E-state index in [9.17, 15) is 13.2 Å². The summed E-state index contributed by atoms with van der Waals surface area (Å²) in [5.74, 6) is 0.984. The fraction of sp³-hybridized carbons (Fsp3) is 0.188. The van der Waals surface area contributed by atoms with Crippen molar-refractivity contribution in [2.45, 2.75) is 16.2 Å². The molecule has 0 saturated carbocycles. The molecule has 2 N–H and O–H groups in total. The number of benzene rings is 2. The number of carbonyl (C=O) groups is 1. The fourth-order valence-electron chi connectivity index (χ4n) is 2.30. The number of sulfonamides is 1. The van der Waals surface area contributed by atoms with Crippen molar-refractivity contribution >= 4 is 39.1 Å². The smallest absolute Gasteiger partial charge is 0.262 e. The number of thioether (sulfide) groups is 1. The van der Waals surface area contributed by atoms with Crippen molar-refractivity contribution in [3.8, 4) is 5.75 Å². The predicted molar refractivity (Wildman–Crippen MR) is 94.2 cm³/mol. The predicted octanol–water partition coefficient (Wildman–Crippen LogP) is 2.93. The van der Waals surface area contributed by atoms with Gasteiger partial charge in [0.1, 0.15) is 5.75 Å². The SMILES string of the molecule is COc1ccccc1NS(=O)(=O)c1ccc2c(c1)NC(=O)CCS2. The lowest BCUT2D eigenvalue weighted by Crippen LogP contribution is -2.15. The minimum atomic E-state index is -3.80. The topological polar surface area (TPSA) is 84.5 Å². The van der Waals surface area contributed by atoms with E-state index in [0.29, 0.717) is 29.3 Å². The first-order valence-electron chi connectivity index (χ1n) is 7.22. The molecular weight excluding hydrogens is 348 g/mol. The molecule has 1 heterocycles. The Hall–Kier alpha value is -2.19. The van der Waals surface area contributed by atoms with Gasteiger partial charge in [0.05, 0.1) is 23.4 Å². The van der Waals surface area contributed by atoms with Crippen LogP contribution in [0.3, 0.4) is 0 Å². The average molecular weight is 364 g/mol. The molecule has 0 radical (unpaired) electrons. The molecular formula is C16H16N2O4S2. The molecule has 126 valence electrons. The molecule has 2 aromatic carbocycles. The highest BCUT2D eigenvalue weighted by molar-refractivity contribution is 7.99. The summed E-state index contributed by atoms with van der Waals surface area (Å²) in [5, 5.41) is 2.74. The summed E-state index contributed by atoms with van der Waals surface area (Å²) in [6.07, 6.45) is 0.404. The van der Waals surface area contributed by atoms with E-state index in [1.807, 2.05) is 0 Å². The van der Waals surface area contributed by atoms with Crippen LogP contribution < -0.4 is 14.8 Å². The zero-order chi connectivity index (χ0) is 17.2. The summed E-state index contributed by atoms with van der Waals surface area (Å²) >= 11 is 1.52. The number of hydrogen-bond donors (Lipinski definition) is 2. The van der Waals surface area contributed by atoms with E-state index in [0.717, 1.165) is 4.90 Å². The zero-order valence-electron chi connectivity index (χ0n) is 12.9. The maximum absolute atomic E-state index is 12.6. The number of methoxy groups -OCH3 is 1. The average Bonchev–Trinajstić information content (AvgIpc) is 2.74. The number of para-hydroxylation sites is 2. The Morgan fingerprint density at radius 3 is 2.79 bits per heavy atom. The molecule has 6 nitrogen and oxygen atoms in total. The summed E-state index contributed by atoms with van der Waals surface area (Å²) < 4.78 is 33.0. The normalized spacial score (nSPS) is 14.3. The van der Waals surface area contributed by atoms with Crippen LogP contribution in [0, 0.1) is 0 Å². The Labute approximate surface area is 144 Å². The van der Waals surface area contributed by atoms with Gasteiger partial charge in [0.2, 0.25) is 5.91 Å². The highest BCUT2D eigenvalue weighted by atomic mass is 32.2. The minimum absolute atomic E-state index is 0.0787. The van der Waals surface area contributed by atoms with Crippen LogP contribution in [0.25, 0.3) is 0 Å². The third-order valence-electron chi connectivity index (χ3n) is 3.47. The van der Waals surface area contributed by atoms with Gasteiger partial charge in [-0.2, -0.15) is 0 Å². The summed E-state index contributed by atoms with van der Waals surface area (Å²) in [6.45, 7) is 0. The van der Waals surface area contributed by atoms with Crippen molar-refractivity contribution in [2.24, 2.45) is 0 Å². The van der Waals surface area contributed by atoms with Crippen molar-refractivity contribution in [3.63, 3.8) is 0 Å². The van der Waals surface area contributed by atoms with Gasteiger partial charge in [0.25, 0.3) is 10.0 Å². The third-order valence-corrected chi connectivity index (χ3v) is 5.91. The zero-order valence-corrected chi connectivity index (χ0v) is 14.5. The maximum Gasteiger partial charge on any atom is 0.262 e. The molecule has 1 amide bonds. The molecule has 0 unspecified atom stereocenters. The van der Waals surface area contributed by atoms with E-state index in [2.05, 4.69) is 10.0 Å². The van der Waals surface area contributed by atoms with Crippen molar-refractivity contribution in [1.82, 2.24) is 0 Å². The highest BCUT2D eigenvalue weighted by Gasteiger charge is 2.20. The number of rotatable bonds is 4. The van der Waals surface area contributed by atoms with Crippen molar-refractivity contribution in [3.05, 3.63) is 42.5 Å². The second-order valence-electron chi connectivity index (χ2n) is 5.11. The van der Waals surface area contributed by atoms with Crippen molar-refractivity contribution in [1.29, 1.82) is 0 Å². The monoisotopic (exact) mass is 364 g/mol. The molecule has 0 aromatic heterocycles. The van der Waals surface area contributed by atoms with E-state index >= 15 is 0 Å². The van der Waals surface area contributed by atoms with Gasteiger partial charge in [0, 0.05) is 17.1 Å². The lowest BCUT2D eigenvalue weighted by molar-refractivity contribution is -0.115. The van der Waals surface area contributed by atoms with Crippen LogP contribution in [0.1, 0.15) is 6.42 Å². The van der Waals surface area contributed by atoms with Gasteiger partial charge in [-0.15, -0.1) is 11.8 Å². The van der Waals surface area contributed by atoms with E-state index in [1.54, 1.807) is 30.3 Å². The lowest BCUT2D eigenvalue weighted by atomic mass is 10.3. The van der Waals surface area contributed by atoms with Gasteiger partial charge in [0.15, 0.2) is 0 Å². The minimum Gasteiger partial charge on any atom is -0.495 e. The van der Waals surface area contributed by atoms with Gasteiger partial charge in [-0.1, -0.05) is 12.1 Å². The van der Waals surface area contributed by atoms with Crippen LogP contribution in [0.15, 0.2) is 52.3 Å². The Bertz CT molecular complexity index is 881.